The van der Waals surface area contributed by atoms with Crippen LogP contribution in [0.1, 0.15) is 41.5 Å². The average molecular weight is 292 g/mol. The number of rotatable bonds is 4. The van der Waals surface area contributed by atoms with Crippen LogP contribution in [0.4, 0.5) is 5.69 Å². The van der Waals surface area contributed by atoms with Gasteiger partial charge in [0.2, 0.25) is 5.88 Å². The number of pyridine rings is 1. The lowest BCUT2D eigenvalue weighted by atomic mass is 9.80. The topological polar surface area (TPSA) is 52.6 Å². The minimum Gasteiger partial charge on any atom is -0.473 e. The Hall–Kier alpha value is -1.27. The summed E-state index contributed by atoms with van der Waals surface area (Å²) in [7, 11) is 1.43. The molecule has 1 saturated heterocycles. The Kier molecular flexibility index (Phi) is 4.22. The van der Waals surface area contributed by atoms with Crippen molar-refractivity contribution < 1.29 is 14.0 Å². The van der Waals surface area contributed by atoms with Gasteiger partial charge in [-0.2, -0.15) is 0 Å². The van der Waals surface area contributed by atoms with Crippen LogP contribution in [0, 0.1) is 0 Å². The fourth-order valence-electron chi connectivity index (χ4n) is 2.07. The molecule has 1 fully saturated rings. The van der Waals surface area contributed by atoms with Crippen molar-refractivity contribution >= 4 is 18.3 Å². The normalized spacial score (nSPS) is 19.9. The molecule has 1 aromatic heterocycles. The molecule has 0 atom stereocenters. The van der Waals surface area contributed by atoms with Gasteiger partial charge in [0.25, 0.3) is 0 Å². The van der Waals surface area contributed by atoms with E-state index in [1.54, 1.807) is 6.20 Å². The van der Waals surface area contributed by atoms with E-state index >= 15 is 0 Å². The van der Waals surface area contributed by atoms with Crippen LogP contribution in [-0.2, 0) is 9.31 Å². The Morgan fingerprint density at radius 1 is 1.19 bits per heavy atom. The first-order valence-electron chi connectivity index (χ1n) is 7.36. The van der Waals surface area contributed by atoms with Crippen molar-refractivity contribution in [2.45, 2.75) is 58.8 Å². The number of ether oxygens (including phenoxy) is 1. The number of hydrogen-bond acceptors (Lipinski definition) is 5. The van der Waals surface area contributed by atoms with Crippen LogP contribution in [0.15, 0.2) is 12.3 Å². The summed E-state index contributed by atoms with van der Waals surface area (Å²) in [6.45, 7) is 12.1. The first-order chi connectivity index (χ1) is 9.66. The van der Waals surface area contributed by atoms with Crippen molar-refractivity contribution in [2.75, 3.05) is 12.4 Å². The van der Waals surface area contributed by atoms with E-state index in [0.717, 1.165) is 11.2 Å². The van der Waals surface area contributed by atoms with E-state index in [4.69, 9.17) is 14.0 Å². The predicted molar refractivity (Wildman–Crippen MR) is 85.3 cm³/mol. The molecule has 1 aliphatic heterocycles. The van der Waals surface area contributed by atoms with Crippen molar-refractivity contribution in [2.24, 2.45) is 0 Å². The minimum atomic E-state index is -0.414. The summed E-state index contributed by atoms with van der Waals surface area (Å²) < 4.78 is 17.8. The molecule has 1 aliphatic rings. The van der Waals surface area contributed by atoms with Crippen molar-refractivity contribution in [3.63, 3.8) is 0 Å². The van der Waals surface area contributed by atoms with Gasteiger partial charge in [-0.05, 0) is 47.6 Å². The van der Waals surface area contributed by atoms with E-state index in [-0.39, 0.29) is 17.3 Å². The smallest absolute Gasteiger partial charge is 0.473 e. The average Bonchev–Trinajstić information content (AvgIpc) is 2.58. The summed E-state index contributed by atoms with van der Waals surface area (Å²) in [6.07, 6.45) is 1.83. The van der Waals surface area contributed by atoms with Gasteiger partial charge in [-0.3, -0.25) is 0 Å². The highest BCUT2D eigenvalue weighted by Crippen LogP contribution is 2.36. The lowest BCUT2D eigenvalue weighted by Crippen LogP contribution is -2.41. The zero-order valence-electron chi connectivity index (χ0n) is 14.0. The SMILES string of the molecule is CNc1cc(B2OC(C)(C)C(C)(C)O2)cnc1OC(C)C. The fraction of sp³-hybridized carbons (Fsp3) is 0.667. The summed E-state index contributed by atoms with van der Waals surface area (Å²) in [5.74, 6) is 0.591. The first-order valence-corrected chi connectivity index (χ1v) is 7.36. The van der Waals surface area contributed by atoms with Gasteiger partial charge < -0.3 is 19.4 Å². The van der Waals surface area contributed by atoms with Gasteiger partial charge in [-0.25, -0.2) is 4.98 Å². The molecule has 1 aromatic rings. The van der Waals surface area contributed by atoms with Gasteiger partial charge in [-0.1, -0.05) is 0 Å². The molecular formula is C15H25BN2O3. The monoisotopic (exact) mass is 292 g/mol. The van der Waals surface area contributed by atoms with Gasteiger partial charge in [-0.15, -0.1) is 0 Å². The van der Waals surface area contributed by atoms with E-state index in [9.17, 15) is 0 Å². The quantitative estimate of drug-likeness (QED) is 0.862. The van der Waals surface area contributed by atoms with E-state index in [2.05, 4.69) is 10.3 Å². The summed E-state index contributed by atoms with van der Waals surface area (Å²) in [6, 6.07) is 1.97. The van der Waals surface area contributed by atoms with E-state index in [1.807, 2.05) is 54.7 Å². The Bertz CT molecular complexity index is 502. The largest absolute Gasteiger partial charge is 0.496 e. The maximum atomic E-state index is 6.04. The summed E-state index contributed by atoms with van der Waals surface area (Å²) in [4.78, 5) is 4.39. The van der Waals surface area contributed by atoms with Gasteiger partial charge in [0.1, 0.15) is 0 Å². The molecule has 0 saturated carbocycles. The highest BCUT2D eigenvalue weighted by atomic mass is 16.7. The van der Waals surface area contributed by atoms with Crippen LogP contribution < -0.4 is 15.5 Å². The van der Waals surface area contributed by atoms with Crippen LogP contribution >= 0.6 is 0 Å². The van der Waals surface area contributed by atoms with Crippen LogP contribution in [0.3, 0.4) is 0 Å². The molecule has 2 heterocycles. The number of aromatic nitrogens is 1. The fourth-order valence-corrected chi connectivity index (χ4v) is 2.07. The van der Waals surface area contributed by atoms with E-state index in [1.165, 1.54) is 0 Å². The molecular weight excluding hydrogens is 267 g/mol. The number of hydrogen-bond donors (Lipinski definition) is 1. The van der Waals surface area contributed by atoms with Crippen LogP contribution in [0.5, 0.6) is 5.88 Å². The molecule has 0 unspecified atom stereocenters. The second-order valence-corrected chi connectivity index (χ2v) is 6.63. The van der Waals surface area contributed by atoms with Crippen LogP contribution in [0.2, 0.25) is 0 Å². The Morgan fingerprint density at radius 3 is 2.24 bits per heavy atom. The molecule has 6 heteroatoms. The number of anilines is 1. The molecule has 0 aromatic carbocycles. The zero-order chi connectivity index (χ0) is 15.8. The number of nitrogens with one attached hydrogen (secondary N) is 1. The Labute approximate surface area is 127 Å². The van der Waals surface area contributed by atoms with Gasteiger partial charge in [0.15, 0.2) is 0 Å². The molecule has 21 heavy (non-hydrogen) atoms. The molecule has 0 radical (unpaired) electrons. The lowest BCUT2D eigenvalue weighted by molar-refractivity contribution is 0.00578. The lowest BCUT2D eigenvalue weighted by Gasteiger charge is -2.32. The highest BCUT2D eigenvalue weighted by molar-refractivity contribution is 6.62. The van der Waals surface area contributed by atoms with Gasteiger partial charge in [0, 0.05) is 18.7 Å². The maximum Gasteiger partial charge on any atom is 0.496 e. The molecule has 1 N–H and O–H groups in total. The van der Waals surface area contributed by atoms with Gasteiger partial charge >= 0.3 is 7.12 Å². The van der Waals surface area contributed by atoms with E-state index in [0.29, 0.717) is 5.88 Å². The maximum absolute atomic E-state index is 6.04. The molecule has 5 nitrogen and oxygen atoms in total. The molecule has 0 amide bonds. The summed E-state index contributed by atoms with van der Waals surface area (Å²) in [5.41, 5.74) is 1.000. The molecule has 2 rings (SSSR count). The van der Waals surface area contributed by atoms with Crippen molar-refractivity contribution in [1.82, 2.24) is 4.98 Å². The molecule has 0 aliphatic carbocycles. The molecule has 0 spiro atoms. The van der Waals surface area contributed by atoms with Gasteiger partial charge in [0.05, 0.1) is 23.0 Å². The van der Waals surface area contributed by atoms with E-state index < -0.39 is 7.12 Å². The van der Waals surface area contributed by atoms with Crippen molar-refractivity contribution in [3.05, 3.63) is 12.3 Å². The third kappa shape index (κ3) is 3.16. The van der Waals surface area contributed by atoms with Crippen LogP contribution in [-0.4, -0.2) is 36.5 Å². The molecule has 116 valence electrons. The minimum absolute atomic E-state index is 0.0762. The Balaban J connectivity index is 2.26. The number of nitrogens with zero attached hydrogens (tertiary/aromatic N) is 1. The summed E-state index contributed by atoms with van der Waals surface area (Å²) >= 11 is 0. The zero-order valence-corrected chi connectivity index (χ0v) is 14.0. The highest BCUT2D eigenvalue weighted by Gasteiger charge is 2.51. The second kappa shape index (κ2) is 5.50. The van der Waals surface area contributed by atoms with Crippen molar-refractivity contribution in [3.8, 4) is 5.88 Å². The second-order valence-electron chi connectivity index (χ2n) is 6.63. The van der Waals surface area contributed by atoms with Crippen LogP contribution in [0.25, 0.3) is 0 Å². The molecule has 0 bridgehead atoms. The van der Waals surface area contributed by atoms with Crippen molar-refractivity contribution in [1.29, 1.82) is 0 Å². The summed E-state index contributed by atoms with van der Waals surface area (Å²) in [5, 5.41) is 3.11. The standard InChI is InChI=1S/C15H25BN2O3/c1-10(2)19-13-12(17-7)8-11(9-18-13)16-20-14(3,4)15(5,6)21-16/h8-10,17H,1-7H3. The first kappa shape index (κ1) is 16.1. The third-order valence-electron chi connectivity index (χ3n) is 4.01. The predicted octanol–water partition coefficient (Wildman–Crippen LogP) is 2.21. The third-order valence-corrected chi connectivity index (χ3v) is 4.01. The Morgan fingerprint density at radius 2 is 1.76 bits per heavy atom.